The maximum absolute atomic E-state index is 12.2. The summed E-state index contributed by atoms with van der Waals surface area (Å²) in [6.07, 6.45) is 2.98. The van der Waals surface area contributed by atoms with Gasteiger partial charge in [0.25, 0.3) is 0 Å². The third-order valence-electron chi connectivity index (χ3n) is 2.61. The highest BCUT2D eigenvalue weighted by atomic mass is 79.9. The van der Waals surface area contributed by atoms with Gasteiger partial charge in [0, 0.05) is 13.6 Å². The second-order valence-corrected chi connectivity index (χ2v) is 6.30. The summed E-state index contributed by atoms with van der Waals surface area (Å²) in [6.45, 7) is 2.41. The van der Waals surface area contributed by atoms with Crippen LogP contribution in [-0.4, -0.2) is 32.6 Å². The largest absolute Gasteiger partial charge is 0.340 e. The van der Waals surface area contributed by atoms with Crippen molar-refractivity contribution in [2.24, 2.45) is 0 Å². The predicted octanol–water partition coefficient (Wildman–Crippen LogP) is 2.32. The first-order valence-corrected chi connectivity index (χ1v) is 7.07. The van der Waals surface area contributed by atoms with Crippen LogP contribution in [0.4, 0.5) is 0 Å². The van der Waals surface area contributed by atoms with Crippen molar-refractivity contribution in [2.45, 2.75) is 19.5 Å². The minimum Gasteiger partial charge on any atom is -0.340 e. The molecule has 0 saturated heterocycles. The van der Waals surface area contributed by atoms with Crippen LogP contribution in [0.2, 0.25) is 0 Å². The SMILES string of the molecule is CC(C(=O)N(C)Cc1csc(Br)c1)n1cncn1. The quantitative estimate of drug-likeness (QED) is 0.865. The fourth-order valence-corrected chi connectivity index (χ4v) is 2.83. The first-order valence-electron chi connectivity index (χ1n) is 5.40. The third kappa shape index (κ3) is 2.97. The second-order valence-electron chi connectivity index (χ2n) is 4.00. The first-order chi connectivity index (χ1) is 8.58. The molecule has 0 fully saturated rings. The van der Waals surface area contributed by atoms with Crippen LogP contribution in [0.5, 0.6) is 0 Å². The van der Waals surface area contributed by atoms with Crippen molar-refractivity contribution in [3.63, 3.8) is 0 Å². The van der Waals surface area contributed by atoms with Crippen molar-refractivity contribution in [2.75, 3.05) is 7.05 Å². The van der Waals surface area contributed by atoms with Crippen LogP contribution in [0.25, 0.3) is 0 Å². The molecule has 0 saturated carbocycles. The van der Waals surface area contributed by atoms with Gasteiger partial charge in [0.1, 0.15) is 18.7 Å². The standard InChI is InChI=1S/C11H13BrN4OS/c1-8(16-7-13-6-14-16)11(17)15(2)4-9-3-10(12)18-5-9/h3,5-8H,4H2,1-2H3. The highest BCUT2D eigenvalue weighted by Crippen LogP contribution is 2.22. The summed E-state index contributed by atoms with van der Waals surface area (Å²) in [4.78, 5) is 17.7. The van der Waals surface area contributed by atoms with E-state index in [0.717, 1.165) is 9.35 Å². The molecule has 0 N–H and O–H groups in total. The van der Waals surface area contributed by atoms with E-state index in [4.69, 9.17) is 0 Å². The number of hydrogen-bond donors (Lipinski definition) is 0. The van der Waals surface area contributed by atoms with Crippen LogP contribution in [0.3, 0.4) is 0 Å². The van der Waals surface area contributed by atoms with Crippen molar-refractivity contribution in [1.29, 1.82) is 0 Å². The molecule has 0 aromatic carbocycles. The van der Waals surface area contributed by atoms with E-state index in [-0.39, 0.29) is 11.9 Å². The molecule has 2 aromatic rings. The van der Waals surface area contributed by atoms with Crippen LogP contribution in [0.1, 0.15) is 18.5 Å². The number of halogens is 1. The van der Waals surface area contributed by atoms with Gasteiger partial charge in [-0.1, -0.05) is 0 Å². The van der Waals surface area contributed by atoms with Gasteiger partial charge < -0.3 is 4.90 Å². The van der Waals surface area contributed by atoms with Gasteiger partial charge in [-0.2, -0.15) is 5.10 Å². The Kier molecular flexibility index (Phi) is 4.13. The van der Waals surface area contributed by atoms with Crippen molar-refractivity contribution in [1.82, 2.24) is 19.7 Å². The summed E-state index contributed by atoms with van der Waals surface area (Å²) in [7, 11) is 1.79. The Morgan fingerprint density at radius 3 is 3.00 bits per heavy atom. The maximum Gasteiger partial charge on any atom is 0.247 e. The topological polar surface area (TPSA) is 51.0 Å². The van der Waals surface area contributed by atoms with E-state index in [1.807, 2.05) is 18.4 Å². The Labute approximate surface area is 118 Å². The lowest BCUT2D eigenvalue weighted by atomic mass is 10.2. The van der Waals surface area contributed by atoms with E-state index >= 15 is 0 Å². The molecule has 0 bridgehead atoms. The summed E-state index contributed by atoms with van der Waals surface area (Å²) in [5.41, 5.74) is 1.12. The van der Waals surface area contributed by atoms with Crippen LogP contribution in [-0.2, 0) is 11.3 Å². The van der Waals surface area contributed by atoms with Gasteiger partial charge >= 0.3 is 0 Å². The molecule has 18 heavy (non-hydrogen) atoms. The van der Waals surface area contributed by atoms with Crippen molar-refractivity contribution >= 4 is 33.2 Å². The molecular weight excluding hydrogens is 316 g/mol. The van der Waals surface area contributed by atoms with Crippen LogP contribution in [0, 0.1) is 0 Å². The summed E-state index contributed by atoms with van der Waals surface area (Å²) in [6, 6.07) is 1.69. The second kappa shape index (κ2) is 5.62. The molecule has 2 heterocycles. The highest BCUT2D eigenvalue weighted by molar-refractivity contribution is 9.11. The fourth-order valence-electron chi connectivity index (χ4n) is 1.63. The maximum atomic E-state index is 12.2. The lowest BCUT2D eigenvalue weighted by Gasteiger charge is -2.20. The van der Waals surface area contributed by atoms with Crippen LogP contribution >= 0.6 is 27.3 Å². The van der Waals surface area contributed by atoms with E-state index in [1.54, 1.807) is 34.3 Å². The molecule has 7 heteroatoms. The average molecular weight is 329 g/mol. The number of carbonyl (C=O) groups excluding carboxylic acids is 1. The first kappa shape index (κ1) is 13.2. The number of rotatable bonds is 4. The van der Waals surface area contributed by atoms with Crippen molar-refractivity contribution in [3.8, 4) is 0 Å². The third-order valence-corrected chi connectivity index (χ3v) is 4.16. The zero-order valence-corrected chi connectivity index (χ0v) is 12.5. The Hall–Kier alpha value is -1.21. The van der Waals surface area contributed by atoms with Gasteiger partial charge in [-0.25, -0.2) is 9.67 Å². The van der Waals surface area contributed by atoms with E-state index in [9.17, 15) is 4.79 Å². The van der Waals surface area contributed by atoms with Crippen molar-refractivity contribution in [3.05, 3.63) is 33.5 Å². The molecule has 0 aliphatic heterocycles. The summed E-state index contributed by atoms with van der Waals surface area (Å²) in [5.74, 6) is 0.0165. The molecular formula is C11H13BrN4OS. The molecule has 0 aliphatic rings. The molecule has 0 spiro atoms. The van der Waals surface area contributed by atoms with Crippen molar-refractivity contribution < 1.29 is 4.79 Å². The lowest BCUT2D eigenvalue weighted by Crippen LogP contribution is -2.32. The molecule has 2 aromatic heterocycles. The fraction of sp³-hybridized carbons (Fsp3) is 0.364. The van der Waals surface area contributed by atoms with Gasteiger partial charge in [0.15, 0.2) is 0 Å². The van der Waals surface area contributed by atoms with Crippen LogP contribution in [0.15, 0.2) is 27.9 Å². The lowest BCUT2D eigenvalue weighted by molar-refractivity contribution is -0.133. The van der Waals surface area contributed by atoms with Gasteiger partial charge in [0.2, 0.25) is 5.91 Å². The number of thiophene rings is 1. The van der Waals surface area contributed by atoms with E-state index < -0.39 is 0 Å². The normalized spacial score (nSPS) is 12.4. The van der Waals surface area contributed by atoms with Gasteiger partial charge in [0.05, 0.1) is 3.79 Å². The summed E-state index contributed by atoms with van der Waals surface area (Å²) < 4.78 is 2.63. The number of amides is 1. The number of carbonyl (C=O) groups is 1. The summed E-state index contributed by atoms with van der Waals surface area (Å²) >= 11 is 5.03. The number of likely N-dealkylation sites (N-methyl/N-ethyl adjacent to an activating group) is 1. The minimum absolute atomic E-state index is 0.0165. The Morgan fingerprint density at radius 2 is 2.44 bits per heavy atom. The molecule has 96 valence electrons. The summed E-state index contributed by atoms with van der Waals surface area (Å²) in [5, 5.41) is 6.02. The number of aromatic nitrogens is 3. The molecule has 1 atom stereocenters. The zero-order chi connectivity index (χ0) is 13.1. The molecule has 0 aliphatic carbocycles. The van der Waals surface area contributed by atoms with E-state index in [2.05, 4.69) is 26.0 Å². The minimum atomic E-state index is -0.334. The van der Waals surface area contributed by atoms with E-state index in [1.165, 1.54) is 6.33 Å². The predicted molar refractivity (Wildman–Crippen MR) is 73.2 cm³/mol. The van der Waals surface area contributed by atoms with Gasteiger partial charge in [-0.05, 0) is 39.9 Å². The van der Waals surface area contributed by atoms with E-state index in [0.29, 0.717) is 6.54 Å². The number of nitrogens with zero attached hydrogens (tertiary/aromatic N) is 4. The average Bonchev–Trinajstić information content (AvgIpc) is 2.98. The molecule has 2 rings (SSSR count). The Balaban J connectivity index is 2.00. The molecule has 1 amide bonds. The Bertz CT molecular complexity index is 525. The van der Waals surface area contributed by atoms with Crippen LogP contribution < -0.4 is 0 Å². The Morgan fingerprint density at radius 1 is 1.67 bits per heavy atom. The highest BCUT2D eigenvalue weighted by Gasteiger charge is 2.19. The number of hydrogen-bond acceptors (Lipinski definition) is 4. The molecule has 1 unspecified atom stereocenters. The molecule has 5 nitrogen and oxygen atoms in total. The van der Waals surface area contributed by atoms with Gasteiger partial charge in [-0.15, -0.1) is 11.3 Å². The zero-order valence-electron chi connectivity index (χ0n) is 10.1. The smallest absolute Gasteiger partial charge is 0.247 e. The molecule has 0 radical (unpaired) electrons. The van der Waals surface area contributed by atoms with Gasteiger partial charge in [-0.3, -0.25) is 4.79 Å². The monoisotopic (exact) mass is 328 g/mol.